The second-order valence-corrected chi connectivity index (χ2v) is 9.17. The fraction of sp³-hybridized carbons (Fsp3) is 0.611. The van der Waals surface area contributed by atoms with Crippen LogP contribution in [-0.4, -0.2) is 60.4 Å². The van der Waals surface area contributed by atoms with E-state index in [1.807, 2.05) is 35.7 Å². The second kappa shape index (κ2) is 9.05. The van der Waals surface area contributed by atoms with Gasteiger partial charge in [-0.05, 0) is 38.1 Å². The highest BCUT2D eigenvalue weighted by Gasteiger charge is 2.22. The smallest absolute Gasteiger partial charge is 0.319 e. The number of hydrogen-bond donors (Lipinski definition) is 2. The van der Waals surface area contributed by atoms with Gasteiger partial charge in [-0.1, -0.05) is 0 Å². The number of carbonyl (C=O) groups is 1. The molecule has 1 aromatic carbocycles. The van der Waals surface area contributed by atoms with E-state index in [4.69, 9.17) is 4.74 Å². The number of morpholine rings is 1. The van der Waals surface area contributed by atoms with E-state index < -0.39 is 0 Å². The van der Waals surface area contributed by atoms with Gasteiger partial charge in [0.05, 0.1) is 12.2 Å². The first-order valence-corrected chi connectivity index (χ1v) is 11.0. The lowest BCUT2D eigenvalue weighted by Crippen LogP contribution is -2.45. The number of rotatable bonds is 4. The molecule has 2 heterocycles. The van der Waals surface area contributed by atoms with E-state index in [1.54, 1.807) is 0 Å². The lowest BCUT2D eigenvalue weighted by Gasteiger charge is -2.36. The molecule has 3 rings (SSSR count). The van der Waals surface area contributed by atoms with Crippen LogP contribution in [-0.2, 0) is 4.74 Å². The molecule has 5 nitrogen and oxygen atoms in total. The van der Waals surface area contributed by atoms with Crippen LogP contribution >= 0.6 is 23.5 Å². The van der Waals surface area contributed by atoms with Gasteiger partial charge in [0.1, 0.15) is 0 Å². The summed E-state index contributed by atoms with van der Waals surface area (Å²) in [6.45, 7) is 6.73. The van der Waals surface area contributed by atoms with Crippen LogP contribution in [0.25, 0.3) is 0 Å². The fourth-order valence-corrected chi connectivity index (χ4v) is 5.79. The molecule has 25 heavy (non-hydrogen) atoms. The van der Waals surface area contributed by atoms with Gasteiger partial charge in [0.25, 0.3) is 0 Å². The van der Waals surface area contributed by atoms with Crippen LogP contribution in [0, 0.1) is 0 Å². The quantitative estimate of drug-likeness (QED) is 0.838. The standard InChI is InChI=1S/C18H27N3O2S2/c1-13-10-21(11-14(2)23-13)16-5-3-15(4-6-16)20-18(22)19-9-17-12-24-7-8-25-17/h3-6,13-14,17H,7-12H2,1-2H3,(H2,19,20,22)/t13-,14+,17-/m0/s1. The minimum Gasteiger partial charge on any atom is -0.372 e. The molecule has 2 aliphatic heterocycles. The minimum atomic E-state index is -0.127. The predicted octanol–water partition coefficient (Wildman–Crippen LogP) is 3.27. The van der Waals surface area contributed by atoms with Gasteiger partial charge in [-0.25, -0.2) is 4.79 Å². The van der Waals surface area contributed by atoms with E-state index >= 15 is 0 Å². The summed E-state index contributed by atoms with van der Waals surface area (Å²) in [5, 5.41) is 6.42. The van der Waals surface area contributed by atoms with E-state index in [0.717, 1.165) is 31.1 Å². The summed E-state index contributed by atoms with van der Waals surface area (Å²) in [4.78, 5) is 14.4. The summed E-state index contributed by atoms with van der Waals surface area (Å²) in [6.07, 6.45) is 0.478. The lowest BCUT2D eigenvalue weighted by atomic mass is 10.2. The van der Waals surface area contributed by atoms with Gasteiger partial charge in [-0.2, -0.15) is 23.5 Å². The Bertz CT molecular complexity index is 554. The number of urea groups is 1. The number of ether oxygens (including phenoxy) is 1. The Morgan fingerprint density at radius 1 is 1.20 bits per heavy atom. The number of nitrogens with zero attached hydrogens (tertiary/aromatic N) is 1. The topological polar surface area (TPSA) is 53.6 Å². The van der Waals surface area contributed by atoms with Gasteiger partial charge >= 0.3 is 6.03 Å². The summed E-state index contributed by atoms with van der Waals surface area (Å²) >= 11 is 3.92. The number of nitrogens with one attached hydrogen (secondary N) is 2. The van der Waals surface area contributed by atoms with Crippen molar-refractivity contribution < 1.29 is 9.53 Å². The first-order chi connectivity index (χ1) is 12.1. The highest BCUT2D eigenvalue weighted by molar-refractivity contribution is 8.06. The predicted molar refractivity (Wildman–Crippen MR) is 109 cm³/mol. The first-order valence-electron chi connectivity index (χ1n) is 8.85. The summed E-state index contributed by atoms with van der Waals surface area (Å²) in [5.41, 5.74) is 1.99. The largest absolute Gasteiger partial charge is 0.372 e. The zero-order chi connectivity index (χ0) is 17.6. The molecule has 2 fully saturated rings. The van der Waals surface area contributed by atoms with E-state index in [0.29, 0.717) is 5.25 Å². The fourth-order valence-electron chi connectivity index (χ4n) is 3.18. The van der Waals surface area contributed by atoms with Gasteiger partial charge < -0.3 is 20.3 Å². The van der Waals surface area contributed by atoms with Crippen LogP contribution in [0.1, 0.15) is 13.8 Å². The van der Waals surface area contributed by atoms with Crippen molar-refractivity contribution in [3.63, 3.8) is 0 Å². The molecular weight excluding hydrogens is 354 g/mol. The molecule has 1 aromatic rings. The maximum atomic E-state index is 12.1. The van der Waals surface area contributed by atoms with Gasteiger partial charge in [-0.15, -0.1) is 0 Å². The monoisotopic (exact) mass is 381 g/mol. The molecule has 7 heteroatoms. The van der Waals surface area contributed by atoms with Crippen molar-refractivity contribution in [2.24, 2.45) is 0 Å². The average Bonchev–Trinajstić information content (AvgIpc) is 2.61. The van der Waals surface area contributed by atoms with E-state index in [9.17, 15) is 4.79 Å². The molecule has 2 aliphatic rings. The molecule has 0 saturated carbocycles. The van der Waals surface area contributed by atoms with Crippen LogP contribution < -0.4 is 15.5 Å². The zero-order valence-electron chi connectivity index (χ0n) is 14.9. The van der Waals surface area contributed by atoms with Crippen LogP contribution in [0.3, 0.4) is 0 Å². The molecule has 2 saturated heterocycles. The SMILES string of the molecule is C[C@@H]1CN(c2ccc(NC(=O)NC[C@H]3CSCCS3)cc2)C[C@H](C)O1. The zero-order valence-corrected chi connectivity index (χ0v) is 16.5. The first kappa shape index (κ1) is 18.7. The number of anilines is 2. The van der Waals surface area contributed by atoms with Crippen molar-refractivity contribution in [3.05, 3.63) is 24.3 Å². The average molecular weight is 382 g/mol. The highest BCUT2D eigenvalue weighted by Crippen LogP contribution is 2.24. The maximum absolute atomic E-state index is 12.1. The number of thioether (sulfide) groups is 2. The molecule has 138 valence electrons. The Kier molecular flexibility index (Phi) is 6.78. The third-order valence-corrected chi connectivity index (χ3v) is 7.13. The number of benzene rings is 1. The maximum Gasteiger partial charge on any atom is 0.319 e. The van der Waals surface area contributed by atoms with E-state index in [-0.39, 0.29) is 18.2 Å². The normalized spacial score (nSPS) is 27.0. The van der Waals surface area contributed by atoms with Gasteiger partial charge in [0.15, 0.2) is 0 Å². The molecule has 0 unspecified atom stereocenters. The Morgan fingerprint density at radius 2 is 1.92 bits per heavy atom. The van der Waals surface area contributed by atoms with E-state index in [2.05, 4.69) is 41.5 Å². The Balaban J connectivity index is 1.47. The van der Waals surface area contributed by atoms with Crippen LogP contribution in [0.5, 0.6) is 0 Å². The molecular formula is C18H27N3O2S2. The van der Waals surface area contributed by atoms with Crippen molar-refractivity contribution in [1.29, 1.82) is 0 Å². The third-order valence-electron chi connectivity index (χ3n) is 4.29. The summed E-state index contributed by atoms with van der Waals surface area (Å²) < 4.78 is 5.78. The third kappa shape index (κ3) is 5.72. The molecule has 2 amide bonds. The van der Waals surface area contributed by atoms with Crippen molar-refractivity contribution in [2.75, 3.05) is 47.1 Å². The van der Waals surface area contributed by atoms with Crippen LogP contribution in [0.15, 0.2) is 24.3 Å². The number of hydrogen-bond acceptors (Lipinski definition) is 5. The number of amides is 2. The summed E-state index contributed by atoms with van der Waals surface area (Å²) in [6, 6.07) is 7.93. The Morgan fingerprint density at radius 3 is 2.56 bits per heavy atom. The van der Waals surface area contributed by atoms with Crippen molar-refractivity contribution in [2.45, 2.75) is 31.3 Å². The molecule has 3 atom stereocenters. The molecule has 0 radical (unpaired) electrons. The van der Waals surface area contributed by atoms with Crippen molar-refractivity contribution >= 4 is 40.9 Å². The van der Waals surface area contributed by atoms with Crippen LogP contribution in [0.2, 0.25) is 0 Å². The minimum absolute atomic E-state index is 0.127. The molecule has 0 bridgehead atoms. The Labute approximate surface area is 158 Å². The van der Waals surface area contributed by atoms with Crippen molar-refractivity contribution in [3.8, 4) is 0 Å². The van der Waals surface area contributed by atoms with Gasteiger partial charge in [-0.3, -0.25) is 0 Å². The lowest BCUT2D eigenvalue weighted by molar-refractivity contribution is -0.00521. The van der Waals surface area contributed by atoms with Gasteiger partial charge in [0, 0.05) is 53.5 Å². The Hall–Kier alpha value is -1.05. The highest BCUT2D eigenvalue weighted by atomic mass is 32.2. The molecule has 0 aliphatic carbocycles. The molecule has 2 N–H and O–H groups in total. The van der Waals surface area contributed by atoms with Crippen molar-refractivity contribution in [1.82, 2.24) is 5.32 Å². The molecule has 0 spiro atoms. The number of carbonyl (C=O) groups excluding carboxylic acids is 1. The summed E-state index contributed by atoms with van der Waals surface area (Å²) in [5.74, 6) is 3.52. The summed E-state index contributed by atoms with van der Waals surface area (Å²) in [7, 11) is 0. The van der Waals surface area contributed by atoms with Gasteiger partial charge in [0.2, 0.25) is 0 Å². The second-order valence-electron chi connectivity index (χ2n) is 6.61. The molecule has 0 aromatic heterocycles. The van der Waals surface area contributed by atoms with E-state index in [1.165, 1.54) is 17.2 Å². The van der Waals surface area contributed by atoms with Crippen LogP contribution in [0.4, 0.5) is 16.2 Å².